The number of amides is 1. The van der Waals surface area contributed by atoms with E-state index in [1.807, 2.05) is 18.0 Å². The van der Waals surface area contributed by atoms with E-state index in [1.54, 1.807) is 0 Å². The van der Waals surface area contributed by atoms with Crippen molar-refractivity contribution in [1.29, 1.82) is 0 Å². The summed E-state index contributed by atoms with van der Waals surface area (Å²) in [7, 11) is 1.98. The van der Waals surface area contributed by atoms with Crippen LogP contribution in [0.5, 0.6) is 0 Å². The van der Waals surface area contributed by atoms with E-state index in [1.165, 1.54) is 17.5 Å². The fraction of sp³-hybridized carbons (Fsp3) is 0.533. The largest absolute Gasteiger partial charge is 0.341 e. The smallest absolute Gasteiger partial charge is 0.230 e. The maximum Gasteiger partial charge on any atom is 0.230 e. The van der Waals surface area contributed by atoms with Gasteiger partial charge >= 0.3 is 0 Å². The molecule has 0 radical (unpaired) electrons. The third kappa shape index (κ3) is 2.63. The Hall–Kier alpha value is -1.06. The highest BCUT2D eigenvalue weighted by atomic mass is 35.5. The fourth-order valence-electron chi connectivity index (χ4n) is 3.11. The van der Waals surface area contributed by atoms with Crippen LogP contribution >= 0.6 is 12.4 Å². The van der Waals surface area contributed by atoms with Crippen LogP contribution in [0.15, 0.2) is 24.3 Å². The zero-order valence-electron chi connectivity index (χ0n) is 11.3. The van der Waals surface area contributed by atoms with Crippen LogP contribution in [0.3, 0.4) is 0 Å². The first-order valence-corrected chi connectivity index (χ1v) is 6.83. The number of nitrogens with zero attached hydrogens (tertiary/aromatic N) is 1. The Labute approximate surface area is 120 Å². The molecule has 3 rings (SSSR count). The summed E-state index contributed by atoms with van der Waals surface area (Å²) in [6, 6.07) is 8.78. The fourth-order valence-corrected chi connectivity index (χ4v) is 3.11. The van der Waals surface area contributed by atoms with E-state index in [-0.39, 0.29) is 18.3 Å². The summed E-state index contributed by atoms with van der Waals surface area (Å²) in [6.07, 6.45) is 3.23. The first-order valence-electron chi connectivity index (χ1n) is 6.83. The molecule has 0 aromatic heterocycles. The number of fused-ring (bicyclic) bond motifs is 1. The van der Waals surface area contributed by atoms with Gasteiger partial charge in [-0.25, -0.2) is 0 Å². The second-order valence-corrected chi connectivity index (χ2v) is 5.37. The average molecular weight is 281 g/mol. The van der Waals surface area contributed by atoms with Gasteiger partial charge < -0.3 is 10.2 Å². The molecule has 3 nitrogen and oxygen atoms in total. The minimum atomic E-state index is 0. The molecule has 1 aromatic carbocycles. The van der Waals surface area contributed by atoms with Gasteiger partial charge in [0.2, 0.25) is 5.91 Å². The predicted octanol–water partition coefficient (Wildman–Crippen LogP) is 1.96. The van der Waals surface area contributed by atoms with E-state index in [2.05, 4.69) is 23.5 Å². The topological polar surface area (TPSA) is 32.3 Å². The molecule has 1 N–H and O–H groups in total. The number of carbonyl (C=O) groups excluding carboxylic acids is 1. The summed E-state index contributed by atoms with van der Waals surface area (Å²) in [5, 5.41) is 3.29. The van der Waals surface area contributed by atoms with Crippen LogP contribution in [-0.2, 0) is 11.2 Å². The third-order valence-electron chi connectivity index (χ3n) is 4.29. The normalized spacial score (nSPS) is 25.0. The second kappa shape index (κ2) is 5.93. The van der Waals surface area contributed by atoms with Crippen LogP contribution in [0.1, 0.15) is 29.9 Å². The van der Waals surface area contributed by atoms with Crippen LogP contribution in [0.25, 0.3) is 0 Å². The SMILES string of the molecule is CNC1CCCN(C(=O)C2Cc3ccccc32)C1.Cl. The molecule has 2 unspecified atom stereocenters. The molecule has 1 aromatic rings. The molecule has 4 heteroatoms. The number of piperidine rings is 1. The van der Waals surface area contributed by atoms with Gasteiger partial charge in [0.15, 0.2) is 0 Å². The number of nitrogens with one attached hydrogen (secondary N) is 1. The average Bonchev–Trinajstić information content (AvgIpc) is 2.40. The Bertz CT molecular complexity index is 463. The molecule has 19 heavy (non-hydrogen) atoms. The maximum absolute atomic E-state index is 12.5. The number of rotatable bonds is 2. The van der Waals surface area contributed by atoms with Gasteiger partial charge in [-0.05, 0) is 37.4 Å². The van der Waals surface area contributed by atoms with Gasteiger partial charge in [0, 0.05) is 19.1 Å². The second-order valence-electron chi connectivity index (χ2n) is 5.37. The van der Waals surface area contributed by atoms with Crippen molar-refractivity contribution >= 4 is 18.3 Å². The number of halogens is 1. The van der Waals surface area contributed by atoms with Crippen molar-refractivity contribution in [2.24, 2.45) is 0 Å². The molecule has 1 saturated heterocycles. The van der Waals surface area contributed by atoms with Gasteiger partial charge in [-0.1, -0.05) is 24.3 Å². The summed E-state index contributed by atoms with van der Waals surface area (Å²) >= 11 is 0. The first kappa shape index (κ1) is 14.4. The molecule has 2 atom stereocenters. The van der Waals surface area contributed by atoms with Gasteiger partial charge in [-0.3, -0.25) is 4.79 Å². The molecule has 0 saturated carbocycles. The van der Waals surface area contributed by atoms with Crippen molar-refractivity contribution in [1.82, 2.24) is 10.2 Å². The van der Waals surface area contributed by atoms with Gasteiger partial charge in [-0.15, -0.1) is 12.4 Å². The van der Waals surface area contributed by atoms with Crippen molar-refractivity contribution in [2.45, 2.75) is 31.2 Å². The van der Waals surface area contributed by atoms with Crippen molar-refractivity contribution in [3.05, 3.63) is 35.4 Å². The molecule has 0 bridgehead atoms. The Kier molecular flexibility index (Phi) is 4.48. The van der Waals surface area contributed by atoms with Crippen molar-refractivity contribution in [2.75, 3.05) is 20.1 Å². The molecule has 1 aliphatic heterocycles. The van der Waals surface area contributed by atoms with Crippen LogP contribution in [-0.4, -0.2) is 37.0 Å². The quantitative estimate of drug-likeness (QED) is 0.898. The number of likely N-dealkylation sites (N-methyl/N-ethyl adjacent to an activating group) is 1. The molecule has 0 spiro atoms. The van der Waals surface area contributed by atoms with Crippen molar-refractivity contribution < 1.29 is 4.79 Å². The van der Waals surface area contributed by atoms with Gasteiger partial charge in [0.1, 0.15) is 0 Å². The Morgan fingerprint density at radius 1 is 1.37 bits per heavy atom. The lowest BCUT2D eigenvalue weighted by molar-refractivity contribution is -0.134. The molecule has 1 heterocycles. The highest BCUT2D eigenvalue weighted by Crippen LogP contribution is 2.36. The summed E-state index contributed by atoms with van der Waals surface area (Å²) in [5.41, 5.74) is 2.59. The van der Waals surface area contributed by atoms with Crippen LogP contribution in [0.4, 0.5) is 0 Å². The third-order valence-corrected chi connectivity index (χ3v) is 4.29. The highest BCUT2D eigenvalue weighted by molar-refractivity contribution is 5.87. The molecule has 1 aliphatic carbocycles. The van der Waals surface area contributed by atoms with Crippen LogP contribution < -0.4 is 5.32 Å². The van der Waals surface area contributed by atoms with Crippen molar-refractivity contribution in [3.63, 3.8) is 0 Å². The standard InChI is InChI=1S/C15H20N2O.ClH/c1-16-12-6-4-8-17(10-12)15(18)14-9-11-5-2-3-7-13(11)14;/h2-3,5,7,12,14,16H,4,6,8-10H2,1H3;1H. The number of hydrogen-bond donors (Lipinski definition) is 1. The molecular weight excluding hydrogens is 260 g/mol. The van der Waals surface area contributed by atoms with E-state index in [4.69, 9.17) is 0 Å². The summed E-state index contributed by atoms with van der Waals surface area (Å²) in [5.74, 6) is 0.449. The molecular formula is C15H21ClN2O. The minimum absolute atomic E-state index is 0. The number of hydrogen-bond acceptors (Lipinski definition) is 2. The number of carbonyl (C=O) groups is 1. The summed E-state index contributed by atoms with van der Waals surface area (Å²) < 4.78 is 0. The minimum Gasteiger partial charge on any atom is -0.341 e. The Morgan fingerprint density at radius 3 is 2.89 bits per heavy atom. The lowest BCUT2D eigenvalue weighted by Gasteiger charge is -2.38. The van der Waals surface area contributed by atoms with E-state index >= 15 is 0 Å². The van der Waals surface area contributed by atoms with Crippen LogP contribution in [0.2, 0.25) is 0 Å². The van der Waals surface area contributed by atoms with E-state index in [9.17, 15) is 4.79 Å². The lowest BCUT2D eigenvalue weighted by atomic mass is 9.76. The lowest BCUT2D eigenvalue weighted by Crippen LogP contribution is -2.49. The first-order chi connectivity index (χ1) is 8.79. The maximum atomic E-state index is 12.5. The van der Waals surface area contributed by atoms with Crippen LogP contribution in [0, 0.1) is 0 Å². The number of benzene rings is 1. The molecule has 1 fully saturated rings. The monoisotopic (exact) mass is 280 g/mol. The van der Waals surface area contributed by atoms with Crippen molar-refractivity contribution in [3.8, 4) is 0 Å². The zero-order chi connectivity index (χ0) is 12.5. The van der Waals surface area contributed by atoms with Gasteiger partial charge in [0.25, 0.3) is 0 Å². The molecule has 1 amide bonds. The number of likely N-dealkylation sites (tertiary alicyclic amines) is 1. The zero-order valence-corrected chi connectivity index (χ0v) is 12.1. The summed E-state index contributed by atoms with van der Waals surface area (Å²) in [4.78, 5) is 14.5. The molecule has 2 aliphatic rings. The Morgan fingerprint density at radius 2 is 2.16 bits per heavy atom. The highest BCUT2D eigenvalue weighted by Gasteiger charge is 2.35. The predicted molar refractivity (Wildman–Crippen MR) is 78.8 cm³/mol. The van der Waals surface area contributed by atoms with Gasteiger partial charge in [-0.2, -0.15) is 0 Å². The molecule has 104 valence electrons. The van der Waals surface area contributed by atoms with Gasteiger partial charge in [0.05, 0.1) is 5.92 Å². The van der Waals surface area contributed by atoms with E-state index < -0.39 is 0 Å². The Balaban J connectivity index is 0.00000133. The summed E-state index contributed by atoms with van der Waals surface area (Å²) in [6.45, 7) is 1.80. The van der Waals surface area contributed by atoms with E-state index in [0.29, 0.717) is 11.9 Å². The van der Waals surface area contributed by atoms with E-state index in [0.717, 1.165) is 25.9 Å².